The van der Waals surface area contributed by atoms with Gasteiger partial charge in [0.2, 0.25) is 10.0 Å². The van der Waals surface area contributed by atoms with E-state index in [1.807, 2.05) is 0 Å². The van der Waals surface area contributed by atoms with Crippen LogP contribution in [0.5, 0.6) is 11.5 Å². The first-order chi connectivity index (χ1) is 15.2. The predicted octanol–water partition coefficient (Wildman–Crippen LogP) is 3.72. The molecule has 11 heteroatoms. The summed E-state index contributed by atoms with van der Waals surface area (Å²) in [6.07, 6.45) is 3.82. The third kappa shape index (κ3) is 6.41. The van der Waals surface area contributed by atoms with Gasteiger partial charge in [0.15, 0.2) is 11.5 Å². The smallest absolute Gasteiger partial charge is 0.286 e. The minimum atomic E-state index is -3.66. The standard InChI is InChI=1S/C21H27N3O7S/c1-4-5-6-7-12-22-32(28,29)16-10-8-15(9-11-16)23-21(25)17-13-19(30-2)20(31-3)14-18(17)24(26)27/h8-11,13-14,22H,4-7,12H2,1-3H3,(H,23,25). The number of amides is 1. The number of anilines is 1. The molecule has 10 nitrogen and oxygen atoms in total. The Morgan fingerprint density at radius 2 is 1.66 bits per heavy atom. The van der Waals surface area contributed by atoms with Crippen LogP contribution in [0.2, 0.25) is 0 Å². The predicted molar refractivity (Wildman–Crippen MR) is 120 cm³/mol. The van der Waals surface area contributed by atoms with Crippen molar-refractivity contribution < 1.29 is 27.6 Å². The van der Waals surface area contributed by atoms with Crippen LogP contribution in [0.25, 0.3) is 0 Å². The summed E-state index contributed by atoms with van der Waals surface area (Å²) in [5.74, 6) is -0.468. The second-order valence-electron chi connectivity index (χ2n) is 6.92. The zero-order valence-corrected chi connectivity index (χ0v) is 19.0. The van der Waals surface area contributed by atoms with Crippen molar-refractivity contribution >= 4 is 27.3 Å². The van der Waals surface area contributed by atoms with Crippen LogP contribution in [0.4, 0.5) is 11.4 Å². The Labute approximate surface area is 187 Å². The topological polar surface area (TPSA) is 137 Å². The Hall–Kier alpha value is -3.18. The minimum absolute atomic E-state index is 0.0584. The molecule has 0 aliphatic heterocycles. The summed E-state index contributed by atoms with van der Waals surface area (Å²) < 4.78 is 37.5. The summed E-state index contributed by atoms with van der Waals surface area (Å²) in [4.78, 5) is 23.4. The van der Waals surface area contributed by atoms with Crippen molar-refractivity contribution in [1.82, 2.24) is 4.72 Å². The van der Waals surface area contributed by atoms with Crippen LogP contribution >= 0.6 is 0 Å². The monoisotopic (exact) mass is 465 g/mol. The highest BCUT2D eigenvalue weighted by atomic mass is 32.2. The molecule has 0 aliphatic rings. The number of benzene rings is 2. The third-order valence-corrected chi connectivity index (χ3v) is 6.17. The summed E-state index contributed by atoms with van der Waals surface area (Å²) in [6.45, 7) is 2.43. The summed E-state index contributed by atoms with van der Waals surface area (Å²) in [7, 11) is -0.982. The highest BCUT2D eigenvalue weighted by molar-refractivity contribution is 7.89. The minimum Gasteiger partial charge on any atom is -0.493 e. The number of unbranched alkanes of at least 4 members (excludes halogenated alkanes) is 3. The molecule has 0 fully saturated rings. The number of methoxy groups -OCH3 is 2. The van der Waals surface area contributed by atoms with E-state index in [4.69, 9.17) is 9.47 Å². The van der Waals surface area contributed by atoms with Crippen LogP contribution in [0.3, 0.4) is 0 Å². The molecule has 0 spiro atoms. The lowest BCUT2D eigenvalue weighted by atomic mass is 10.1. The van der Waals surface area contributed by atoms with Crippen LogP contribution in [0, 0.1) is 10.1 Å². The summed E-state index contributed by atoms with van der Waals surface area (Å²) >= 11 is 0. The molecule has 0 unspecified atom stereocenters. The molecule has 0 aromatic heterocycles. The van der Waals surface area contributed by atoms with Gasteiger partial charge >= 0.3 is 0 Å². The van der Waals surface area contributed by atoms with Crippen molar-refractivity contribution in [3.05, 3.63) is 52.1 Å². The Morgan fingerprint density at radius 1 is 1.03 bits per heavy atom. The molecule has 2 N–H and O–H groups in total. The van der Waals surface area contributed by atoms with Gasteiger partial charge in [-0.3, -0.25) is 14.9 Å². The maximum absolute atomic E-state index is 12.7. The van der Waals surface area contributed by atoms with Gasteiger partial charge in [-0.1, -0.05) is 26.2 Å². The van der Waals surface area contributed by atoms with Gasteiger partial charge in [-0.25, -0.2) is 13.1 Å². The van der Waals surface area contributed by atoms with Crippen LogP contribution in [0.15, 0.2) is 41.3 Å². The molecule has 0 atom stereocenters. The number of sulfonamides is 1. The SMILES string of the molecule is CCCCCCNS(=O)(=O)c1ccc(NC(=O)c2cc(OC)c(OC)cc2[N+](=O)[O-])cc1. The van der Waals surface area contributed by atoms with Crippen molar-refractivity contribution in [2.75, 3.05) is 26.1 Å². The first-order valence-electron chi connectivity index (χ1n) is 10.0. The average molecular weight is 466 g/mol. The van der Waals surface area contributed by atoms with Crippen molar-refractivity contribution in [2.24, 2.45) is 0 Å². The zero-order valence-electron chi connectivity index (χ0n) is 18.2. The van der Waals surface area contributed by atoms with Gasteiger partial charge in [0.05, 0.1) is 30.1 Å². The lowest BCUT2D eigenvalue weighted by molar-refractivity contribution is -0.385. The molecule has 1 amide bonds. The van der Waals surface area contributed by atoms with E-state index in [0.29, 0.717) is 6.54 Å². The molecule has 32 heavy (non-hydrogen) atoms. The molecule has 174 valence electrons. The van der Waals surface area contributed by atoms with Crippen molar-refractivity contribution in [3.63, 3.8) is 0 Å². The second kappa shape index (κ2) is 11.4. The number of carbonyl (C=O) groups excluding carboxylic acids is 1. The number of nitro benzene ring substituents is 1. The van der Waals surface area contributed by atoms with E-state index < -0.39 is 26.5 Å². The fraction of sp³-hybridized carbons (Fsp3) is 0.381. The van der Waals surface area contributed by atoms with Crippen LogP contribution in [0.1, 0.15) is 43.0 Å². The molecular formula is C21H27N3O7S. The maximum Gasteiger partial charge on any atom is 0.286 e. The molecule has 0 heterocycles. The Bertz CT molecular complexity index is 1050. The number of ether oxygens (including phenoxy) is 2. The lowest BCUT2D eigenvalue weighted by Crippen LogP contribution is -2.24. The van der Waals surface area contributed by atoms with E-state index >= 15 is 0 Å². The first-order valence-corrected chi connectivity index (χ1v) is 11.5. The number of nitro groups is 1. The molecule has 0 radical (unpaired) electrons. The molecule has 0 aliphatic carbocycles. The number of nitrogens with zero attached hydrogens (tertiary/aromatic N) is 1. The maximum atomic E-state index is 12.7. The van der Waals surface area contributed by atoms with E-state index in [0.717, 1.165) is 31.7 Å². The Balaban J connectivity index is 2.15. The molecule has 0 bridgehead atoms. The van der Waals surface area contributed by atoms with E-state index in [9.17, 15) is 23.3 Å². The fourth-order valence-electron chi connectivity index (χ4n) is 2.96. The third-order valence-electron chi connectivity index (χ3n) is 4.69. The van der Waals surface area contributed by atoms with Crippen molar-refractivity contribution in [3.8, 4) is 11.5 Å². The number of hydrogen-bond acceptors (Lipinski definition) is 7. The number of hydrogen-bond donors (Lipinski definition) is 2. The molecular weight excluding hydrogens is 438 g/mol. The lowest BCUT2D eigenvalue weighted by Gasteiger charge is -2.11. The largest absolute Gasteiger partial charge is 0.493 e. The Morgan fingerprint density at radius 3 is 2.22 bits per heavy atom. The average Bonchev–Trinajstić information content (AvgIpc) is 2.78. The summed E-state index contributed by atoms with van der Waals surface area (Å²) in [5.41, 5.74) is -0.398. The van der Waals surface area contributed by atoms with Gasteiger partial charge < -0.3 is 14.8 Å². The van der Waals surface area contributed by atoms with Gasteiger partial charge in [0, 0.05) is 18.3 Å². The molecule has 2 aromatic rings. The summed E-state index contributed by atoms with van der Waals surface area (Å²) in [5, 5.41) is 13.9. The quantitative estimate of drug-likeness (QED) is 0.277. The van der Waals surface area contributed by atoms with E-state index in [-0.39, 0.29) is 27.6 Å². The van der Waals surface area contributed by atoms with E-state index in [2.05, 4.69) is 17.0 Å². The number of rotatable bonds is 12. The van der Waals surface area contributed by atoms with E-state index in [1.165, 1.54) is 44.6 Å². The van der Waals surface area contributed by atoms with Gasteiger partial charge in [-0.15, -0.1) is 0 Å². The van der Waals surface area contributed by atoms with Crippen molar-refractivity contribution in [1.29, 1.82) is 0 Å². The Kier molecular flexibility index (Phi) is 8.97. The zero-order chi connectivity index (χ0) is 23.7. The van der Waals surface area contributed by atoms with Gasteiger partial charge in [-0.2, -0.15) is 0 Å². The first kappa shape index (κ1) is 25.1. The molecule has 2 aromatic carbocycles. The molecule has 2 rings (SSSR count). The van der Waals surface area contributed by atoms with Crippen molar-refractivity contribution in [2.45, 2.75) is 37.5 Å². The highest BCUT2D eigenvalue weighted by Gasteiger charge is 2.25. The molecule has 0 saturated heterocycles. The van der Waals surface area contributed by atoms with Crippen LogP contribution in [-0.4, -0.2) is 40.0 Å². The van der Waals surface area contributed by atoms with Crippen LogP contribution in [-0.2, 0) is 10.0 Å². The highest BCUT2D eigenvalue weighted by Crippen LogP contribution is 2.34. The molecule has 0 saturated carbocycles. The van der Waals surface area contributed by atoms with Crippen LogP contribution < -0.4 is 19.5 Å². The van der Waals surface area contributed by atoms with E-state index in [1.54, 1.807) is 0 Å². The van der Waals surface area contributed by atoms with Gasteiger partial charge in [-0.05, 0) is 30.7 Å². The van der Waals surface area contributed by atoms with Gasteiger partial charge in [0.1, 0.15) is 5.56 Å². The number of nitrogens with one attached hydrogen (secondary N) is 2. The summed E-state index contributed by atoms with van der Waals surface area (Å²) in [6, 6.07) is 7.86. The van der Waals surface area contributed by atoms with Gasteiger partial charge in [0.25, 0.3) is 11.6 Å². The second-order valence-corrected chi connectivity index (χ2v) is 8.69. The number of carbonyl (C=O) groups is 1. The normalized spacial score (nSPS) is 11.1. The fourth-order valence-corrected chi connectivity index (χ4v) is 4.03.